The Labute approximate surface area is 86.7 Å². The molecule has 0 bridgehead atoms. The van der Waals surface area contributed by atoms with Crippen LogP contribution in [0.1, 0.15) is 26.3 Å². The molecule has 78 valence electrons. The van der Waals surface area contributed by atoms with Crippen LogP contribution in [0.2, 0.25) is 0 Å². The zero-order chi connectivity index (χ0) is 10.9. The molecule has 2 N–H and O–H groups in total. The van der Waals surface area contributed by atoms with Crippen LogP contribution in [0.5, 0.6) is 0 Å². The summed E-state index contributed by atoms with van der Waals surface area (Å²) >= 11 is 0. The Morgan fingerprint density at radius 3 is 2.07 bits per heavy atom. The van der Waals surface area contributed by atoms with Crippen molar-refractivity contribution >= 4 is 11.4 Å². The van der Waals surface area contributed by atoms with E-state index in [1.54, 1.807) is 0 Å². The second-order valence-corrected chi connectivity index (χ2v) is 4.92. The van der Waals surface area contributed by atoms with Crippen molar-refractivity contribution in [2.24, 2.45) is 0 Å². The van der Waals surface area contributed by atoms with Crippen LogP contribution >= 0.6 is 0 Å². The summed E-state index contributed by atoms with van der Waals surface area (Å²) in [6.07, 6.45) is 0. The first-order valence-electron chi connectivity index (χ1n) is 4.89. The Bertz CT molecular complexity index is 322. The lowest BCUT2D eigenvalue weighted by atomic mass is 9.86. The molecule has 0 aromatic heterocycles. The molecular formula is C12H20N2. The monoisotopic (exact) mass is 192 g/mol. The normalized spacial score (nSPS) is 11.5. The van der Waals surface area contributed by atoms with Gasteiger partial charge < -0.3 is 10.6 Å². The number of rotatable bonds is 1. The van der Waals surface area contributed by atoms with Crippen LogP contribution in [0.4, 0.5) is 11.4 Å². The molecule has 1 aromatic rings. The summed E-state index contributed by atoms with van der Waals surface area (Å²) in [6, 6.07) is 6.25. The van der Waals surface area contributed by atoms with Crippen molar-refractivity contribution in [3.63, 3.8) is 0 Å². The molecule has 0 saturated heterocycles. The lowest BCUT2D eigenvalue weighted by Crippen LogP contribution is -2.15. The second kappa shape index (κ2) is 3.52. The molecule has 0 amide bonds. The molecule has 0 fully saturated rings. The van der Waals surface area contributed by atoms with Gasteiger partial charge in [-0.2, -0.15) is 0 Å². The van der Waals surface area contributed by atoms with Crippen molar-refractivity contribution in [3.05, 3.63) is 23.8 Å². The van der Waals surface area contributed by atoms with Crippen LogP contribution in [-0.4, -0.2) is 14.1 Å². The van der Waals surface area contributed by atoms with Crippen LogP contribution < -0.4 is 10.6 Å². The fraction of sp³-hybridized carbons (Fsp3) is 0.500. The second-order valence-electron chi connectivity index (χ2n) is 4.92. The predicted molar refractivity (Wildman–Crippen MR) is 63.9 cm³/mol. The van der Waals surface area contributed by atoms with Crippen molar-refractivity contribution in [2.45, 2.75) is 26.2 Å². The van der Waals surface area contributed by atoms with Gasteiger partial charge in [0, 0.05) is 25.5 Å². The highest BCUT2D eigenvalue weighted by Crippen LogP contribution is 2.30. The van der Waals surface area contributed by atoms with Gasteiger partial charge in [0.05, 0.1) is 0 Å². The van der Waals surface area contributed by atoms with E-state index >= 15 is 0 Å². The highest BCUT2D eigenvalue weighted by atomic mass is 15.1. The van der Waals surface area contributed by atoms with Gasteiger partial charge in [0.25, 0.3) is 0 Å². The average molecular weight is 192 g/mol. The number of nitrogen functional groups attached to an aromatic ring is 1. The lowest BCUT2D eigenvalue weighted by molar-refractivity contribution is 0.592. The van der Waals surface area contributed by atoms with Crippen molar-refractivity contribution in [1.82, 2.24) is 0 Å². The number of benzene rings is 1. The molecule has 0 unspecified atom stereocenters. The first-order valence-corrected chi connectivity index (χ1v) is 4.89. The van der Waals surface area contributed by atoms with E-state index in [-0.39, 0.29) is 5.41 Å². The third-order valence-electron chi connectivity index (χ3n) is 2.36. The first kappa shape index (κ1) is 10.9. The zero-order valence-corrected chi connectivity index (χ0v) is 9.76. The average Bonchev–Trinajstić information content (AvgIpc) is 2.01. The van der Waals surface area contributed by atoms with Crippen LogP contribution in [0, 0.1) is 0 Å². The van der Waals surface area contributed by atoms with Crippen molar-refractivity contribution in [3.8, 4) is 0 Å². The number of nitrogens with zero attached hydrogens (tertiary/aromatic N) is 1. The largest absolute Gasteiger partial charge is 0.398 e. The first-order chi connectivity index (χ1) is 6.32. The van der Waals surface area contributed by atoms with Crippen LogP contribution in [0.3, 0.4) is 0 Å². The molecule has 1 aromatic carbocycles. The molecule has 0 aliphatic heterocycles. The maximum absolute atomic E-state index is 6.02. The molecule has 0 radical (unpaired) electrons. The smallest absolute Gasteiger partial charge is 0.0381 e. The third kappa shape index (κ3) is 2.19. The number of hydrogen-bond acceptors (Lipinski definition) is 2. The lowest BCUT2D eigenvalue weighted by Gasteiger charge is -2.23. The van der Waals surface area contributed by atoms with Crippen LogP contribution in [0.25, 0.3) is 0 Å². The summed E-state index contributed by atoms with van der Waals surface area (Å²) in [5.74, 6) is 0. The summed E-state index contributed by atoms with van der Waals surface area (Å²) in [5.41, 5.74) is 9.38. The topological polar surface area (TPSA) is 29.3 Å². The summed E-state index contributed by atoms with van der Waals surface area (Å²) in [5, 5.41) is 0. The molecule has 2 heteroatoms. The molecule has 2 nitrogen and oxygen atoms in total. The minimum absolute atomic E-state index is 0.120. The van der Waals surface area contributed by atoms with E-state index in [9.17, 15) is 0 Å². The number of hydrogen-bond donors (Lipinski definition) is 1. The highest BCUT2D eigenvalue weighted by Gasteiger charge is 2.16. The standard InChI is InChI=1S/C12H20N2/c1-12(2,3)10-7-6-9(14(4)5)8-11(10)13/h6-8H,13H2,1-5H3. The molecule has 0 aliphatic rings. The van der Waals surface area contributed by atoms with Gasteiger partial charge in [0.15, 0.2) is 0 Å². The van der Waals surface area contributed by atoms with Crippen molar-refractivity contribution in [2.75, 3.05) is 24.7 Å². The highest BCUT2D eigenvalue weighted by molar-refractivity contribution is 5.61. The summed E-state index contributed by atoms with van der Waals surface area (Å²) in [7, 11) is 4.04. The molecule has 0 aliphatic carbocycles. The Morgan fingerprint density at radius 1 is 1.14 bits per heavy atom. The van der Waals surface area contributed by atoms with Crippen LogP contribution in [-0.2, 0) is 5.41 Å². The number of anilines is 2. The maximum Gasteiger partial charge on any atom is 0.0381 e. The fourth-order valence-corrected chi connectivity index (χ4v) is 1.51. The summed E-state index contributed by atoms with van der Waals surface area (Å²) in [4.78, 5) is 2.06. The van der Waals surface area contributed by atoms with Gasteiger partial charge in [0.2, 0.25) is 0 Å². The van der Waals surface area contributed by atoms with Gasteiger partial charge in [-0.05, 0) is 23.1 Å². The minimum atomic E-state index is 0.120. The summed E-state index contributed by atoms with van der Waals surface area (Å²) in [6.45, 7) is 6.52. The third-order valence-corrected chi connectivity index (χ3v) is 2.36. The molecule has 0 saturated carbocycles. The molecular weight excluding hydrogens is 172 g/mol. The fourth-order valence-electron chi connectivity index (χ4n) is 1.51. The van der Waals surface area contributed by atoms with E-state index in [0.717, 1.165) is 11.4 Å². The van der Waals surface area contributed by atoms with E-state index < -0.39 is 0 Å². The quantitative estimate of drug-likeness (QED) is 0.693. The Kier molecular flexibility index (Phi) is 2.74. The van der Waals surface area contributed by atoms with Crippen molar-refractivity contribution in [1.29, 1.82) is 0 Å². The molecule has 0 heterocycles. The summed E-state index contributed by atoms with van der Waals surface area (Å²) < 4.78 is 0. The van der Waals surface area contributed by atoms with Gasteiger partial charge >= 0.3 is 0 Å². The predicted octanol–water partition coefficient (Wildman–Crippen LogP) is 2.63. The molecule has 1 rings (SSSR count). The van der Waals surface area contributed by atoms with E-state index in [1.165, 1.54) is 5.56 Å². The van der Waals surface area contributed by atoms with E-state index in [0.29, 0.717) is 0 Å². The number of nitrogens with two attached hydrogens (primary N) is 1. The van der Waals surface area contributed by atoms with Gasteiger partial charge in [-0.15, -0.1) is 0 Å². The van der Waals surface area contributed by atoms with Crippen molar-refractivity contribution < 1.29 is 0 Å². The Morgan fingerprint density at radius 2 is 1.71 bits per heavy atom. The SMILES string of the molecule is CN(C)c1ccc(C(C)(C)C)c(N)c1. The van der Waals surface area contributed by atoms with E-state index in [4.69, 9.17) is 5.73 Å². The molecule has 14 heavy (non-hydrogen) atoms. The van der Waals surface area contributed by atoms with E-state index in [2.05, 4.69) is 37.8 Å². The van der Waals surface area contributed by atoms with Gasteiger partial charge in [-0.1, -0.05) is 26.8 Å². The van der Waals surface area contributed by atoms with Gasteiger partial charge in [-0.3, -0.25) is 0 Å². The Balaban J connectivity index is 3.15. The molecule has 0 spiro atoms. The van der Waals surface area contributed by atoms with Gasteiger partial charge in [-0.25, -0.2) is 0 Å². The zero-order valence-electron chi connectivity index (χ0n) is 9.76. The Hall–Kier alpha value is -1.18. The maximum atomic E-state index is 6.02. The van der Waals surface area contributed by atoms with Crippen LogP contribution in [0.15, 0.2) is 18.2 Å². The molecule has 0 atom stereocenters. The van der Waals surface area contributed by atoms with Gasteiger partial charge in [0.1, 0.15) is 0 Å². The van der Waals surface area contributed by atoms with E-state index in [1.807, 2.05) is 20.2 Å². The minimum Gasteiger partial charge on any atom is -0.398 e.